The van der Waals surface area contributed by atoms with E-state index in [4.69, 9.17) is 9.72 Å². The van der Waals surface area contributed by atoms with E-state index in [1.165, 1.54) is 6.07 Å². The Kier molecular flexibility index (Phi) is 6.89. The molecule has 3 atom stereocenters. The van der Waals surface area contributed by atoms with Gasteiger partial charge in [0.2, 0.25) is 0 Å². The monoisotopic (exact) mass is 502 g/mol. The van der Waals surface area contributed by atoms with Crippen molar-refractivity contribution in [1.29, 1.82) is 5.26 Å². The molecular formula is C27H31FN8O. The summed E-state index contributed by atoms with van der Waals surface area (Å²) in [5, 5.41) is 17.7. The zero-order valence-electron chi connectivity index (χ0n) is 21.6. The number of methoxy groups -OCH3 is 1. The first-order chi connectivity index (χ1) is 18.0. The van der Waals surface area contributed by atoms with Crippen LogP contribution in [0.25, 0.3) is 16.8 Å². The second-order valence-corrected chi connectivity index (χ2v) is 9.40. The molecule has 4 aromatic rings. The zero-order chi connectivity index (χ0) is 26.1. The molecule has 1 fully saturated rings. The molecule has 37 heavy (non-hydrogen) atoms. The van der Waals surface area contributed by atoms with Gasteiger partial charge in [0.05, 0.1) is 12.6 Å². The van der Waals surface area contributed by atoms with Gasteiger partial charge in [0.15, 0.2) is 5.82 Å². The number of rotatable bonds is 7. The minimum atomic E-state index is -0.241. The van der Waals surface area contributed by atoms with Gasteiger partial charge in [-0.15, -0.1) is 10.2 Å². The predicted octanol–water partition coefficient (Wildman–Crippen LogP) is 4.52. The Morgan fingerprint density at radius 2 is 1.92 bits per heavy atom. The highest BCUT2D eigenvalue weighted by molar-refractivity contribution is 5.88. The third-order valence-corrected chi connectivity index (χ3v) is 7.50. The second-order valence-electron chi connectivity index (χ2n) is 9.40. The van der Waals surface area contributed by atoms with Crippen LogP contribution in [0.5, 0.6) is 5.75 Å². The molecule has 0 spiro atoms. The summed E-state index contributed by atoms with van der Waals surface area (Å²) in [6, 6.07) is 11.1. The molecule has 1 saturated heterocycles. The molecule has 5 rings (SSSR count). The molecule has 0 bridgehead atoms. The zero-order valence-corrected chi connectivity index (χ0v) is 21.6. The third-order valence-electron chi connectivity index (χ3n) is 7.50. The van der Waals surface area contributed by atoms with Crippen LogP contribution in [-0.4, -0.2) is 61.7 Å². The number of fused-ring (bicyclic) bond motifs is 3. The lowest BCUT2D eigenvalue weighted by atomic mass is 9.94. The summed E-state index contributed by atoms with van der Waals surface area (Å²) in [6.45, 7) is 7.88. The summed E-state index contributed by atoms with van der Waals surface area (Å²) < 4.78 is 22.2. The lowest BCUT2D eigenvalue weighted by molar-refractivity contribution is 0.0877. The van der Waals surface area contributed by atoms with E-state index in [0.29, 0.717) is 40.7 Å². The van der Waals surface area contributed by atoms with Crippen LogP contribution < -0.4 is 9.64 Å². The SMILES string of the molecule is CCC(c1ccc(OC)cc1F)N1C[C@H](CC)N(c2nc3nncn3c3ccc(C#N)nc23)C[C@H]1CC. The van der Waals surface area contributed by atoms with Crippen molar-refractivity contribution in [3.8, 4) is 11.8 Å². The van der Waals surface area contributed by atoms with Crippen LogP contribution in [0.1, 0.15) is 57.3 Å². The standard InChI is InChI=1S/C27H31FN8O/c1-5-18-15-35(26-25-24(11-8-17(13-29)31-25)36-16-30-33-27(36)32-26)19(6-2)14-34(18)23(7-3)21-10-9-20(37-4)12-22(21)28/h8-12,16,18-19,23H,5-7,14-15H2,1-4H3/t18-,19+,23?/m1/s1. The summed E-state index contributed by atoms with van der Waals surface area (Å²) in [5.41, 5.74) is 2.49. The third kappa shape index (κ3) is 4.33. The summed E-state index contributed by atoms with van der Waals surface area (Å²) in [4.78, 5) is 14.3. The highest BCUT2D eigenvalue weighted by Crippen LogP contribution is 2.37. The average molecular weight is 503 g/mol. The molecule has 0 saturated carbocycles. The van der Waals surface area contributed by atoms with E-state index in [0.717, 1.165) is 31.3 Å². The van der Waals surface area contributed by atoms with Crippen molar-refractivity contribution < 1.29 is 9.13 Å². The fourth-order valence-electron chi connectivity index (χ4n) is 5.56. The second kappa shape index (κ2) is 10.3. The Morgan fingerprint density at radius 3 is 2.59 bits per heavy atom. The maximum atomic E-state index is 15.2. The van der Waals surface area contributed by atoms with Crippen molar-refractivity contribution in [2.24, 2.45) is 0 Å². The highest BCUT2D eigenvalue weighted by atomic mass is 19.1. The molecule has 10 heteroatoms. The molecular weight excluding hydrogens is 471 g/mol. The highest BCUT2D eigenvalue weighted by Gasteiger charge is 2.38. The number of nitrogens with zero attached hydrogens (tertiary/aromatic N) is 8. The Hall–Kier alpha value is -3.84. The molecule has 3 aromatic heterocycles. The number of anilines is 1. The number of benzene rings is 1. The van der Waals surface area contributed by atoms with Crippen molar-refractivity contribution >= 4 is 22.6 Å². The van der Waals surface area contributed by atoms with E-state index in [2.05, 4.69) is 51.8 Å². The van der Waals surface area contributed by atoms with Crippen LogP contribution in [0, 0.1) is 17.1 Å². The number of ether oxygens (including phenoxy) is 1. The molecule has 1 aliphatic rings. The van der Waals surface area contributed by atoms with E-state index in [-0.39, 0.29) is 23.9 Å². The number of pyridine rings is 1. The van der Waals surface area contributed by atoms with Gasteiger partial charge >= 0.3 is 0 Å². The number of aromatic nitrogens is 5. The first-order valence-electron chi connectivity index (χ1n) is 12.8. The van der Waals surface area contributed by atoms with Crippen LogP contribution in [-0.2, 0) is 0 Å². The van der Waals surface area contributed by atoms with Crippen LogP contribution in [0.15, 0.2) is 36.7 Å². The Morgan fingerprint density at radius 1 is 1.11 bits per heavy atom. The summed E-state index contributed by atoms with van der Waals surface area (Å²) in [7, 11) is 1.55. The first kappa shape index (κ1) is 24.8. The molecule has 0 amide bonds. The summed E-state index contributed by atoms with van der Waals surface area (Å²) in [5.74, 6) is 1.48. The quantitative estimate of drug-likeness (QED) is 0.364. The van der Waals surface area contributed by atoms with Gasteiger partial charge in [-0.25, -0.2) is 9.37 Å². The Labute approximate surface area is 215 Å². The molecule has 0 N–H and O–H groups in total. The molecule has 1 aromatic carbocycles. The van der Waals surface area contributed by atoms with Crippen molar-refractivity contribution in [1.82, 2.24) is 29.5 Å². The fraction of sp³-hybridized carbons (Fsp3) is 0.444. The van der Waals surface area contributed by atoms with E-state index in [1.54, 1.807) is 23.9 Å². The van der Waals surface area contributed by atoms with Crippen LogP contribution in [0.2, 0.25) is 0 Å². The van der Waals surface area contributed by atoms with Crippen LogP contribution >= 0.6 is 0 Å². The van der Waals surface area contributed by atoms with Gasteiger partial charge in [0, 0.05) is 42.8 Å². The number of hydrogen-bond acceptors (Lipinski definition) is 8. The van der Waals surface area contributed by atoms with Crippen molar-refractivity contribution in [2.75, 3.05) is 25.1 Å². The van der Waals surface area contributed by atoms with Gasteiger partial charge in [-0.3, -0.25) is 9.30 Å². The summed E-state index contributed by atoms with van der Waals surface area (Å²) >= 11 is 0. The first-order valence-corrected chi connectivity index (χ1v) is 12.8. The van der Waals surface area contributed by atoms with Gasteiger partial charge in [-0.2, -0.15) is 10.2 Å². The molecule has 1 aliphatic heterocycles. The van der Waals surface area contributed by atoms with Gasteiger partial charge in [0.1, 0.15) is 35.2 Å². The molecule has 4 heterocycles. The van der Waals surface area contributed by atoms with Gasteiger partial charge in [-0.1, -0.05) is 26.8 Å². The predicted molar refractivity (Wildman–Crippen MR) is 139 cm³/mol. The molecule has 1 unspecified atom stereocenters. The van der Waals surface area contributed by atoms with E-state index in [1.807, 2.05) is 18.2 Å². The Bertz CT molecular complexity index is 1460. The number of piperazine rings is 1. The molecule has 0 radical (unpaired) electrons. The molecule has 9 nitrogen and oxygen atoms in total. The van der Waals surface area contributed by atoms with Crippen molar-refractivity contribution in [2.45, 2.75) is 58.2 Å². The fourth-order valence-corrected chi connectivity index (χ4v) is 5.56. The van der Waals surface area contributed by atoms with Gasteiger partial charge < -0.3 is 9.64 Å². The lowest BCUT2D eigenvalue weighted by Gasteiger charge is -2.49. The van der Waals surface area contributed by atoms with Crippen LogP contribution in [0.3, 0.4) is 0 Å². The number of hydrogen-bond donors (Lipinski definition) is 0. The Balaban J connectivity index is 1.57. The average Bonchev–Trinajstić information content (AvgIpc) is 3.42. The number of halogens is 1. The van der Waals surface area contributed by atoms with Crippen molar-refractivity contribution in [3.63, 3.8) is 0 Å². The van der Waals surface area contributed by atoms with E-state index < -0.39 is 0 Å². The minimum Gasteiger partial charge on any atom is -0.497 e. The van der Waals surface area contributed by atoms with E-state index >= 15 is 4.39 Å². The van der Waals surface area contributed by atoms with Crippen molar-refractivity contribution in [3.05, 3.63) is 53.7 Å². The van der Waals surface area contributed by atoms with Gasteiger partial charge in [0.25, 0.3) is 5.78 Å². The molecule has 192 valence electrons. The molecule has 0 aliphatic carbocycles. The van der Waals surface area contributed by atoms with Crippen LogP contribution in [0.4, 0.5) is 10.2 Å². The number of nitriles is 1. The smallest absolute Gasteiger partial charge is 0.257 e. The summed E-state index contributed by atoms with van der Waals surface area (Å²) in [6.07, 6.45) is 4.16. The van der Waals surface area contributed by atoms with Gasteiger partial charge in [-0.05, 0) is 37.5 Å². The normalized spacial score (nSPS) is 19.3. The lowest BCUT2D eigenvalue weighted by Crippen LogP contribution is -2.59. The maximum absolute atomic E-state index is 15.2. The van der Waals surface area contributed by atoms with E-state index in [9.17, 15) is 5.26 Å². The maximum Gasteiger partial charge on any atom is 0.257 e. The minimum absolute atomic E-state index is 0.0564. The topological polar surface area (TPSA) is 95.5 Å². The largest absolute Gasteiger partial charge is 0.497 e.